The van der Waals surface area contributed by atoms with Gasteiger partial charge in [-0.15, -0.1) is 0 Å². The van der Waals surface area contributed by atoms with Gasteiger partial charge >= 0.3 is 174 Å². The van der Waals surface area contributed by atoms with Gasteiger partial charge in [-0.2, -0.15) is 0 Å². The van der Waals surface area contributed by atoms with Crippen LogP contribution in [0.3, 0.4) is 0 Å². The molecule has 3 aromatic rings. The molecule has 0 unspecified atom stereocenters. The molecule has 0 saturated carbocycles. The molecular weight excluding hydrogens is 449 g/mol. The molecule has 0 radical (unpaired) electrons. The Kier molecular flexibility index (Phi) is 7.61. The first-order chi connectivity index (χ1) is 13.6. The fourth-order valence-corrected chi connectivity index (χ4v) is 20.6. The second-order valence-electron chi connectivity index (χ2n) is 8.35. The topological polar surface area (TPSA) is 32.9 Å². The van der Waals surface area contributed by atoms with Gasteiger partial charge in [-0.3, -0.25) is 0 Å². The Hall–Kier alpha value is -1.29. The third kappa shape index (κ3) is 4.48. The number of benzene rings is 2. The number of H-pyrrole nitrogens is 1. The van der Waals surface area contributed by atoms with Gasteiger partial charge in [0, 0.05) is 0 Å². The molecule has 0 aliphatic carbocycles. The van der Waals surface area contributed by atoms with Crippen LogP contribution in [0.4, 0.5) is 0 Å². The van der Waals surface area contributed by atoms with Gasteiger partial charge in [-0.1, -0.05) is 0 Å². The van der Waals surface area contributed by atoms with Crippen LogP contribution in [0.25, 0.3) is 21.8 Å². The van der Waals surface area contributed by atoms with E-state index in [0.717, 1.165) is 21.8 Å². The number of rotatable bonds is 10. The van der Waals surface area contributed by atoms with Crippen LogP contribution in [0.5, 0.6) is 0 Å². The number of hydrogen-bond acceptors (Lipinski definition) is 1. The van der Waals surface area contributed by atoms with Crippen LogP contribution >= 0.6 is 0 Å². The number of unbranched alkanes of at least 4 members (excludes halogenated alkanes) is 3. The predicted molar refractivity (Wildman–Crippen MR) is 127 cm³/mol. The summed E-state index contributed by atoms with van der Waals surface area (Å²) in [6.45, 7) is 6.94. The number of pyridine rings is 1. The van der Waals surface area contributed by atoms with Crippen LogP contribution in [0.15, 0.2) is 47.3 Å². The number of aromatic amines is 1. The van der Waals surface area contributed by atoms with E-state index < -0.39 is 18.4 Å². The fraction of sp³-hybridized carbons (Fsp3) is 0.480. The molecule has 0 fully saturated rings. The second kappa shape index (κ2) is 9.95. The molecule has 0 aliphatic rings. The standard InChI is InChI=1S/C13H8NO.3C4H9.Sn/c15-13-9-5-1-3-7-11(9)14-12-8-4-2-6-10(12)13;3*1-3-4-2;/h1,3-8H,(H,14,15);3*1,3-4H2,2H3;. The molecule has 0 bridgehead atoms. The average molecular weight is 484 g/mol. The summed E-state index contributed by atoms with van der Waals surface area (Å²) in [5, 5.41) is 1.70. The maximum atomic E-state index is 13.2. The molecule has 0 spiro atoms. The van der Waals surface area contributed by atoms with Crippen molar-refractivity contribution in [3.05, 3.63) is 52.7 Å². The number of nitrogens with one attached hydrogen (secondary N) is 1. The summed E-state index contributed by atoms with van der Waals surface area (Å²) in [6.07, 6.45) is 7.85. The molecule has 3 heteroatoms. The fourth-order valence-electron chi connectivity index (χ4n) is 4.60. The van der Waals surface area contributed by atoms with Crippen molar-refractivity contribution in [1.29, 1.82) is 0 Å². The summed E-state index contributed by atoms with van der Waals surface area (Å²) in [4.78, 5) is 16.7. The van der Waals surface area contributed by atoms with E-state index in [1.54, 1.807) is 3.58 Å². The van der Waals surface area contributed by atoms with Gasteiger partial charge in [0.25, 0.3) is 0 Å². The van der Waals surface area contributed by atoms with Gasteiger partial charge in [-0.25, -0.2) is 0 Å². The van der Waals surface area contributed by atoms with Crippen LogP contribution in [-0.2, 0) is 0 Å². The molecule has 1 N–H and O–H groups in total. The monoisotopic (exact) mass is 485 g/mol. The molecule has 2 aromatic carbocycles. The number of fused-ring (bicyclic) bond motifs is 2. The third-order valence-electron chi connectivity index (χ3n) is 6.34. The molecule has 3 rings (SSSR count). The van der Waals surface area contributed by atoms with Crippen molar-refractivity contribution in [1.82, 2.24) is 4.98 Å². The average Bonchev–Trinajstić information content (AvgIpc) is 2.73. The first-order valence-corrected chi connectivity index (χ1v) is 18.7. The Bertz CT molecular complexity index is 953. The predicted octanol–water partition coefficient (Wildman–Crippen LogP) is 6.74. The summed E-state index contributed by atoms with van der Waals surface area (Å²) in [7, 11) is 0. The summed E-state index contributed by atoms with van der Waals surface area (Å²) in [5.74, 6) is 0. The van der Waals surface area contributed by atoms with E-state index in [0.29, 0.717) is 0 Å². The van der Waals surface area contributed by atoms with Crippen LogP contribution < -0.4 is 9.01 Å². The zero-order valence-electron chi connectivity index (χ0n) is 17.8. The minimum absolute atomic E-state index is 0.188. The van der Waals surface area contributed by atoms with Crippen LogP contribution in [0.1, 0.15) is 59.3 Å². The Morgan fingerprint density at radius 2 is 1.32 bits per heavy atom. The Morgan fingerprint density at radius 1 is 0.750 bits per heavy atom. The molecule has 0 atom stereocenters. The van der Waals surface area contributed by atoms with Crippen molar-refractivity contribution >= 4 is 43.8 Å². The first-order valence-electron chi connectivity index (χ1n) is 11.2. The van der Waals surface area contributed by atoms with Gasteiger partial charge in [-0.05, 0) is 0 Å². The molecule has 1 heterocycles. The number of aromatic nitrogens is 1. The van der Waals surface area contributed by atoms with E-state index in [4.69, 9.17) is 0 Å². The van der Waals surface area contributed by atoms with Gasteiger partial charge in [0.1, 0.15) is 0 Å². The van der Waals surface area contributed by atoms with Crippen molar-refractivity contribution in [2.45, 2.75) is 72.6 Å². The van der Waals surface area contributed by atoms with Crippen molar-refractivity contribution in [3.63, 3.8) is 0 Å². The Labute approximate surface area is 173 Å². The van der Waals surface area contributed by atoms with E-state index >= 15 is 0 Å². The number of para-hydroxylation sites is 1. The van der Waals surface area contributed by atoms with Crippen molar-refractivity contribution in [2.24, 2.45) is 0 Å². The summed E-state index contributed by atoms with van der Waals surface area (Å²) in [5.41, 5.74) is 2.10. The molecule has 1 aromatic heterocycles. The quantitative estimate of drug-likeness (QED) is 0.251. The Balaban J connectivity index is 2.15. The van der Waals surface area contributed by atoms with Crippen molar-refractivity contribution < 1.29 is 0 Å². The summed E-state index contributed by atoms with van der Waals surface area (Å²) < 4.78 is 5.88. The minimum atomic E-state index is -2.52. The van der Waals surface area contributed by atoms with Crippen LogP contribution in [0.2, 0.25) is 13.3 Å². The third-order valence-corrected chi connectivity index (χ3v) is 21.9. The van der Waals surface area contributed by atoms with Crippen LogP contribution in [-0.4, -0.2) is 23.4 Å². The molecule has 150 valence electrons. The van der Waals surface area contributed by atoms with Crippen LogP contribution in [0, 0.1) is 0 Å². The SMILES string of the molecule is CCC[CH2][Sn]([CH2]CCC)([CH2]CCC)[c]1ccc2[nH]c3ccccc3c(=O)c2c1. The van der Waals surface area contributed by atoms with E-state index in [9.17, 15) is 4.79 Å². The molecule has 0 saturated heterocycles. The zero-order valence-corrected chi connectivity index (χ0v) is 20.7. The molecular formula is C25H35NOSn. The van der Waals surface area contributed by atoms with E-state index in [1.807, 2.05) is 24.3 Å². The zero-order chi connectivity index (χ0) is 20.0. The van der Waals surface area contributed by atoms with Gasteiger partial charge in [0.2, 0.25) is 0 Å². The van der Waals surface area contributed by atoms with Gasteiger partial charge < -0.3 is 0 Å². The van der Waals surface area contributed by atoms with Gasteiger partial charge in [0.05, 0.1) is 0 Å². The molecule has 2 nitrogen and oxygen atoms in total. The first kappa shape index (κ1) is 21.4. The molecule has 0 aliphatic heterocycles. The Morgan fingerprint density at radius 3 is 1.93 bits per heavy atom. The summed E-state index contributed by atoms with van der Waals surface area (Å²) >= 11 is -2.52. The second-order valence-corrected chi connectivity index (χ2v) is 21.6. The van der Waals surface area contributed by atoms with Crippen molar-refractivity contribution in [3.8, 4) is 0 Å². The van der Waals surface area contributed by atoms with E-state index in [-0.39, 0.29) is 5.43 Å². The van der Waals surface area contributed by atoms with E-state index in [1.165, 1.54) is 51.8 Å². The summed E-state index contributed by atoms with van der Waals surface area (Å²) in [6, 6.07) is 14.8. The molecule has 28 heavy (non-hydrogen) atoms. The van der Waals surface area contributed by atoms with E-state index in [2.05, 4.69) is 44.0 Å². The van der Waals surface area contributed by atoms with Gasteiger partial charge in [0.15, 0.2) is 0 Å². The normalized spacial score (nSPS) is 12.1. The van der Waals surface area contributed by atoms with Crippen molar-refractivity contribution in [2.75, 3.05) is 0 Å². The molecule has 0 amide bonds. The number of hydrogen-bond donors (Lipinski definition) is 1. The maximum absolute atomic E-state index is 13.2.